The number of carbonyl (C=O) groups excluding carboxylic acids is 1. The largest absolute Gasteiger partial charge is 0.507 e. The highest BCUT2D eigenvalue weighted by atomic mass is 35.5. The van der Waals surface area contributed by atoms with Gasteiger partial charge in [-0.05, 0) is 41.2 Å². The molecule has 0 aliphatic carbocycles. The second kappa shape index (κ2) is 9.55. The van der Waals surface area contributed by atoms with E-state index in [0.29, 0.717) is 24.8 Å². The topological polar surface area (TPSA) is 76.0 Å². The van der Waals surface area contributed by atoms with Crippen LogP contribution in [0.15, 0.2) is 54.6 Å². The molecular weight excluding hydrogens is 404 g/mol. The van der Waals surface area contributed by atoms with Crippen LogP contribution in [0.4, 0.5) is 0 Å². The van der Waals surface area contributed by atoms with E-state index in [2.05, 4.69) is 0 Å². The van der Waals surface area contributed by atoms with Crippen LogP contribution in [-0.2, 0) is 24.0 Å². The van der Waals surface area contributed by atoms with Crippen LogP contribution in [0.5, 0.6) is 17.2 Å². The van der Waals surface area contributed by atoms with E-state index in [4.69, 9.17) is 21.1 Å². The number of aromatic hydroxyl groups is 2. The van der Waals surface area contributed by atoms with Crippen LogP contribution in [-0.4, -0.2) is 30.4 Å². The number of halogens is 1. The van der Waals surface area contributed by atoms with Crippen molar-refractivity contribution in [2.45, 2.75) is 19.3 Å². The van der Waals surface area contributed by atoms with Crippen LogP contribution in [0.2, 0.25) is 5.02 Å². The van der Waals surface area contributed by atoms with E-state index in [1.54, 1.807) is 7.11 Å². The van der Waals surface area contributed by atoms with Gasteiger partial charge in [0.25, 0.3) is 0 Å². The van der Waals surface area contributed by atoms with E-state index in [9.17, 15) is 15.0 Å². The van der Waals surface area contributed by atoms with E-state index in [1.165, 1.54) is 7.11 Å². The Morgan fingerprint density at radius 2 is 1.53 bits per heavy atom. The van der Waals surface area contributed by atoms with Crippen molar-refractivity contribution in [2.24, 2.45) is 0 Å². The first-order valence-electron chi connectivity index (χ1n) is 9.46. The maximum absolute atomic E-state index is 12.2. The van der Waals surface area contributed by atoms with Gasteiger partial charge in [0.05, 0.1) is 19.2 Å². The molecule has 0 aromatic heterocycles. The zero-order chi connectivity index (χ0) is 21.7. The normalized spacial score (nSPS) is 10.6. The lowest BCUT2D eigenvalue weighted by Crippen LogP contribution is -2.09. The molecule has 6 heteroatoms. The highest BCUT2D eigenvalue weighted by Crippen LogP contribution is 2.37. The summed E-state index contributed by atoms with van der Waals surface area (Å²) in [5.41, 5.74) is 3.58. The van der Waals surface area contributed by atoms with Crippen molar-refractivity contribution in [1.29, 1.82) is 0 Å². The molecule has 2 N–H and O–H groups in total. The first-order chi connectivity index (χ1) is 14.5. The third-order valence-electron chi connectivity index (χ3n) is 5.05. The number of hydrogen-bond acceptors (Lipinski definition) is 5. The van der Waals surface area contributed by atoms with Crippen LogP contribution in [0.25, 0.3) is 0 Å². The van der Waals surface area contributed by atoms with Gasteiger partial charge >= 0.3 is 5.97 Å². The third kappa shape index (κ3) is 4.52. The quantitative estimate of drug-likeness (QED) is 0.524. The van der Waals surface area contributed by atoms with Gasteiger partial charge in [-0.1, -0.05) is 54.1 Å². The van der Waals surface area contributed by atoms with Gasteiger partial charge in [0.2, 0.25) is 0 Å². The van der Waals surface area contributed by atoms with Crippen LogP contribution in [0.3, 0.4) is 0 Å². The first-order valence-corrected chi connectivity index (χ1v) is 9.84. The Bertz CT molecular complexity index is 1060. The number of carbonyl (C=O) groups is 1. The minimum absolute atomic E-state index is 0.0255. The number of aryl methyl sites for hydroxylation is 1. The number of phenolic OH excluding ortho intramolecular Hbond substituents is 2. The number of methoxy groups -OCH3 is 2. The molecule has 156 valence electrons. The fourth-order valence-electron chi connectivity index (χ4n) is 3.54. The smallest absolute Gasteiger partial charge is 0.341 e. The average molecular weight is 427 g/mol. The van der Waals surface area contributed by atoms with Crippen molar-refractivity contribution in [1.82, 2.24) is 0 Å². The van der Waals surface area contributed by atoms with Crippen molar-refractivity contribution in [3.05, 3.63) is 87.4 Å². The number of benzene rings is 3. The maximum Gasteiger partial charge on any atom is 0.341 e. The molecule has 3 rings (SSSR count). The van der Waals surface area contributed by atoms with Crippen molar-refractivity contribution >= 4 is 17.6 Å². The van der Waals surface area contributed by atoms with Crippen LogP contribution >= 0.6 is 11.6 Å². The number of rotatable bonds is 7. The Hall–Kier alpha value is -3.18. The molecule has 0 fully saturated rings. The van der Waals surface area contributed by atoms with E-state index in [-0.39, 0.29) is 22.1 Å². The highest BCUT2D eigenvalue weighted by Gasteiger charge is 2.23. The van der Waals surface area contributed by atoms with Gasteiger partial charge < -0.3 is 19.7 Å². The van der Waals surface area contributed by atoms with Crippen molar-refractivity contribution in [3.63, 3.8) is 0 Å². The summed E-state index contributed by atoms with van der Waals surface area (Å²) in [6.45, 7) is 0. The van der Waals surface area contributed by atoms with Gasteiger partial charge in [0.15, 0.2) is 0 Å². The zero-order valence-electron chi connectivity index (χ0n) is 16.8. The number of phenols is 2. The molecular formula is C24H23ClO5. The van der Waals surface area contributed by atoms with E-state index < -0.39 is 5.97 Å². The summed E-state index contributed by atoms with van der Waals surface area (Å²) in [5, 5.41) is 20.2. The fraction of sp³-hybridized carbons (Fsp3) is 0.208. The van der Waals surface area contributed by atoms with Gasteiger partial charge in [-0.15, -0.1) is 0 Å². The molecule has 0 amide bonds. The minimum Gasteiger partial charge on any atom is -0.507 e. The summed E-state index contributed by atoms with van der Waals surface area (Å²) in [6, 6.07) is 16.9. The Labute approximate surface area is 180 Å². The van der Waals surface area contributed by atoms with E-state index >= 15 is 0 Å². The fourth-order valence-corrected chi connectivity index (χ4v) is 3.78. The molecule has 0 saturated carbocycles. The van der Waals surface area contributed by atoms with E-state index in [0.717, 1.165) is 28.5 Å². The lowest BCUT2D eigenvalue weighted by molar-refractivity contribution is 0.0596. The molecule has 0 aliphatic heterocycles. The predicted octanol–water partition coefficient (Wildman–Crippen LogP) is 4.92. The zero-order valence-corrected chi connectivity index (χ0v) is 17.6. The molecule has 3 aromatic carbocycles. The predicted molar refractivity (Wildman–Crippen MR) is 116 cm³/mol. The average Bonchev–Trinajstić information content (AvgIpc) is 2.76. The molecule has 0 spiro atoms. The first kappa shape index (κ1) is 21.5. The maximum atomic E-state index is 12.2. The van der Waals surface area contributed by atoms with Crippen LogP contribution in [0, 0.1) is 0 Å². The van der Waals surface area contributed by atoms with Crippen molar-refractivity contribution in [3.8, 4) is 17.2 Å². The molecule has 30 heavy (non-hydrogen) atoms. The van der Waals surface area contributed by atoms with E-state index in [1.807, 2.05) is 48.5 Å². The second-order valence-electron chi connectivity index (χ2n) is 6.83. The summed E-state index contributed by atoms with van der Waals surface area (Å²) < 4.78 is 10.2. The molecule has 0 aliphatic rings. The monoisotopic (exact) mass is 426 g/mol. The molecule has 3 aromatic rings. The molecule has 0 unspecified atom stereocenters. The van der Waals surface area contributed by atoms with Gasteiger partial charge in [-0.25, -0.2) is 4.79 Å². The Morgan fingerprint density at radius 3 is 2.20 bits per heavy atom. The Kier molecular flexibility index (Phi) is 6.85. The van der Waals surface area contributed by atoms with Gasteiger partial charge in [0, 0.05) is 12.5 Å². The molecule has 0 bridgehead atoms. The molecule has 0 atom stereocenters. The summed E-state index contributed by atoms with van der Waals surface area (Å²) in [4.78, 5) is 12.2. The summed E-state index contributed by atoms with van der Waals surface area (Å²) in [6.07, 6.45) is 1.58. The van der Waals surface area contributed by atoms with Gasteiger partial charge in [-0.3, -0.25) is 0 Å². The molecule has 0 radical (unpaired) electrons. The van der Waals surface area contributed by atoms with Crippen LogP contribution in [0.1, 0.15) is 32.6 Å². The highest BCUT2D eigenvalue weighted by molar-refractivity contribution is 6.33. The third-order valence-corrected chi connectivity index (χ3v) is 5.47. The molecule has 0 heterocycles. The van der Waals surface area contributed by atoms with Crippen molar-refractivity contribution < 1.29 is 24.5 Å². The lowest BCUT2D eigenvalue weighted by Gasteiger charge is -2.15. The minimum atomic E-state index is -0.702. The summed E-state index contributed by atoms with van der Waals surface area (Å²) in [5.74, 6) is -0.520. The number of esters is 1. The van der Waals surface area contributed by atoms with Gasteiger partial charge in [0.1, 0.15) is 22.8 Å². The lowest BCUT2D eigenvalue weighted by atomic mass is 9.93. The summed E-state index contributed by atoms with van der Waals surface area (Å²) >= 11 is 6.26. The summed E-state index contributed by atoms with van der Waals surface area (Å²) in [7, 11) is 2.88. The number of ether oxygens (including phenoxy) is 2. The number of hydrogen-bond donors (Lipinski definition) is 2. The SMILES string of the molecule is COC(=O)c1c(O)cc(O)c(Cl)c1CCc1ccccc1Cc1ccccc1OC. The van der Waals surface area contributed by atoms with Gasteiger partial charge in [-0.2, -0.15) is 0 Å². The molecule has 0 saturated heterocycles. The van der Waals surface area contributed by atoms with Crippen LogP contribution < -0.4 is 4.74 Å². The number of para-hydroxylation sites is 1. The standard InChI is InChI=1S/C24H23ClO5/c1-29-21-10-6-5-9-17(21)13-16-8-4-3-7-15(16)11-12-18-22(24(28)30-2)19(26)14-20(27)23(18)25/h3-10,14,26-27H,11-13H2,1-2H3. The molecule has 5 nitrogen and oxygen atoms in total. The van der Waals surface area contributed by atoms with Crippen molar-refractivity contribution in [2.75, 3.05) is 14.2 Å². The Balaban J connectivity index is 1.92. The Morgan fingerprint density at radius 1 is 0.900 bits per heavy atom. The second-order valence-corrected chi connectivity index (χ2v) is 7.21.